The molecule has 0 N–H and O–H groups in total. The highest BCUT2D eigenvalue weighted by atomic mass is 19.1. The van der Waals surface area contributed by atoms with E-state index in [2.05, 4.69) is 0 Å². The lowest BCUT2D eigenvalue weighted by molar-refractivity contribution is -0.252. The van der Waals surface area contributed by atoms with Gasteiger partial charge in [-0.15, -0.1) is 0 Å². The summed E-state index contributed by atoms with van der Waals surface area (Å²) in [6.45, 7) is 4.14. The molecule has 0 aromatic heterocycles. The van der Waals surface area contributed by atoms with Gasteiger partial charge in [0.2, 0.25) is 0 Å². The Morgan fingerprint density at radius 3 is 1.98 bits per heavy atom. The predicted octanol–water partition coefficient (Wildman–Crippen LogP) is 2.84. The number of hydrogen-bond donors (Lipinski definition) is 0. The summed E-state index contributed by atoms with van der Waals surface area (Å²) in [6.07, 6.45) is -5.97. The van der Waals surface area contributed by atoms with Crippen molar-refractivity contribution in [3.63, 3.8) is 0 Å². The Labute approximate surface area is 258 Å². The van der Waals surface area contributed by atoms with E-state index < -0.39 is 84.9 Å². The van der Waals surface area contributed by atoms with E-state index in [0.717, 1.165) is 33.8 Å². The van der Waals surface area contributed by atoms with Crippen LogP contribution >= 0.6 is 0 Å². The van der Waals surface area contributed by atoms with Crippen molar-refractivity contribution in [2.75, 3.05) is 11.5 Å². The molecule has 1 fully saturated rings. The number of para-hydroxylation sites is 1. The van der Waals surface area contributed by atoms with Crippen molar-refractivity contribution in [1.82, 2.24) is 0 Å². The van der Waals surface area contributed by atoms with Crippen LogP contribution in [0.5, 0.6) is 0 Å². The molecule has 2 aliphatic heterocycles. The molecule has 2 aromatic rings. The summed E-state index contributed by atoms with van der Waals surface area (Å²) in [4.78, 5) is 76.3. The lowest BCUT2D eigenvalue weighted by atomic mass is 9.91. The molecule has 0 aliphatic carbocycles. The van der Waals surface area contributed by atoms with Crippen molar-refractivity contribution in [2.45, 2.75) is 71.2 Å². The second kappa shape index (κ2) is 14.2. The van der Waals surface area contributed by atoms with E-state index in [1.165, 1.54) is 17.0 Å². The van der Waals surface area contributed by atoms with Crippen LogP contribution in [0.25, 0.3) is 5.57 Å². The average Bonchev–Trinajstić information content (AvgIpc) is 3.21. The van der Waals surface area contributed by atoms with Crippen LogP contribution in [0, 0.1) is 5.82 Å². The molecule has 2 aliphatic rings. The van der Waals surface area contributed by atoms with Gasteiger partial charge in [-0.25, -0.2) is 4.39 Å². The third-order valence-corrected chi connectivity index (χ3v) is 7.01. The van der Waals surface area contributed by atoms with Gasteiger partial charge in [-0.3, -0.25) is 28.8 Å². The first kappa shape index (κ1) is 33.0. The van der Waals surface area contributed by atoms with Crippen LogP contribution in [-0.2, 0) is 59.0 Å². The molecule has 0 bridgehead atoms. The normalized spacial score (nSPS) is 23.2. The van der Waals surface area contributed by atoms with Crippen molar-refractivity contribution in [2.24, 2.45) is 0 Å². The minimum Gasteiger partial charge on any atom is -0.463 e. The number of carbonyl (C=O) groups excluding carboxylic acids is 6. The highest BCUT2D eigenvalue weighted by Crippen LogP contribution is 2.38. The van der Waals surface area contributed by atoms with E-state index in [9.17, 15) is 33.2 Å². The van der Waals surface area contributed by atoms with E-state index in [1.54, 1.807) is 36.4 Å². The van der Waals surface area contributed by atoms with Crippen molar-refractivity contribution >= 4 is 46.8 Å². The quantitative estimate of drug-likeness (QED) is 0.218. The number of ether oxygens (including phenoxy) is 5. The molecule has 0 spiro atoms. The maximum Gasteiger partial charge on any atom is 0.303 e. The van der Waals surface area contributed by atoms with E-state index in [0.29, 0.717) is 16.8 Å². The highest BCUT2D eigenvalue weighted by molar-refractivity contribution is 6.34. The molecule has 12 nitrogen and oxygen atoms in total. The molecule has 4 rings (SSSR count). The summed E-state index contributed by atoms with van der Waals surface area (Å²) in [5.74, 6) is -4.53. The van der Waals surface area contributed by atoms with Gasteiger partial charge in [0.1, 0.15) is 24.6 Å². The molecule has 1 saturated heterocycles. The lowest BCUT2D eigenvalue weighted by Gasteiger charge is -2.44. The molecule has 13 heteroatoms. The van der Waals surface area contributed by atoms with Crippen LogP contribution < -0.4 is 4.90 Å². The monoisotopic (exact) mass is 625 g/mol. The van der Waals surface area contributed by atoms with Gasteiger partial charge in [0.25, 0.3) is 5.91 Å². The summed E-state index contributed by atoms with van der Waals surface area (Å²) < 4.78 is 40.7. The molecule has 0 radical (unpaired) electrons. The maximum atomic E-state index is 13.6. The zero-order chi connectivity index (χ0) is 32.8. The van der Waals surface area contributed by atoms with Crippen LogP contribution in [0.1, 0.15) is 45.2 Å². The fourth-order valence-electron chi connectivity index (χ4n) is 5.28. The second-order valence-electron chi connectivity index (χ2n) is 10.5. The van der Waals surface area contributed by atoms with Crippen LogP contribution in [0.15, 0.2) is 54.6 Å². The van der Waals surface area contributed by atoms with Crippen molar-refractivity contribution in [1.29, 1.82) is 0 Å². The summed E-state index contributed by atoms with van der Waals surface area (Å²) in [5, 5.41) is 0. The zero-order valence-electron chi connectivity index (χ0n) is 25.0. The molecule has 1 amide bonds. The maximum absolute atomic E-state index is 13.6. The number of rotatable bonds is 10. The first-order chi connectivity index (χ1) is 21.3. The van der Waals surface area contributed by atoms with Gasteiger partial charge in [0, 0.05) is 39.7 Å². The third kappa shape index (κ3) is 8.18. The fourth-order valence-corrected chi connectivity index (χ4v) is 5.28. The number of amides is 1. The first-order valence-electron chi connectivity index (χ1n) is 14.0. The number of carbonyl (C=O) groups is 6. The molecule has 0 saturated carbocycles. The van der Waals surface area contributed by atoms with Crippen LogP contribution in [0.4, 0.5) is 10.1 Å². The molecule has 5 atom stereocenters. The molecule has 238 valence electrons. The number of benzene rings is 2. The predicted molar refractivity (Wildman–Crippen MR) is 154 cm³/mol. The minimum atomic E-state index is -1.42. The van der Waals surface area contributed by atoms with Crippen molar-refractivity contribution < 1.29 is 56.8 Å². The Morgan fingerprint density at radius 1 is 0.800 bits per heavy atom. The topological polar surface area (TPSA) is 152 Å². The smallest absolute Gasteiger partial charge is 0.303 e. The van der Waals surface area contributed by atoms with Crippen LogP contribution in [-0.4, -0.2) is 72.7 Å². The van der Waals surface area contributed by atoms with Gasteiger partial charge < -0.3 is 28.6 Å². The van der Waals surface area contributed by atoms with Gasteiger partial charge in [-0.05, 0) is 29.8 Å². The van der Waals surface area contributed by atoms with Crippen molar-refractivity contribution in [3.05, 3.63) is 71.6 Å². The Bertz CT molecular complexity index is 1520. The standard InChI is InChI=1S/C32H32FNO11/c1-17(35)41-16-28-30(43-19(3)37)31(44-20(4)38)29(42-18(2)36)27(45-28)14-23(39)13-25-24-7-5-6-8-26(24)34(32(25)40)15-21-9-11-22(33)12-10-21/h5-13,27-31H,14-16H2,1-4H3/b25-13-/t27-,28+,29-,30+,31+/m0/s1. The minimum absolute atomic E-state index is 0.100. The molecule has 2 heterocycles. The van der Waals surface area contributed by atoms with E-state index >= 15 is 0 Å². The second-order valence-corrected chi connectivity index (χ2v) is 10.5. The number of nitrogens with zero attached hydrogens (tertiary/aromatic N) is 1. The van der Waals surface area contributed by atoms with Crippen LogP contribution in [0.3, 0.4) is 0 Å². The Morgan fingerprint density at radius 2 is 1.38 bits per heavy atom. The Kier molecular flexibility index (Phi) is 10.4. The zero-order valence-corrected chi connectivity index (χ0v) is 25.0. The number of fused-ring (bicyclic) bond motifs is 1. The van der Waals surface area contributed by atoms with E-state index in [-0.39, 0.29) is 12.1 Å². The number of hydrogen-bond acceptors (Lipinski definition) is 11. The summed E-state index contributed by atoms with van der Waals surface area (Å²) in [5.41, 5.74) is 1.82. The highest BCUT2D eigenvalue weighted by Gasteiger charge is 2.52. The molecule has 2 aromatic carbocycles. The summed E-state index contributed by atoms with van der Waals surface area (Å²) in [7, 11) is 0. The van der Waals surface area contributed by atoms with Gasteiger partial charge in [-0.1, -0.05) is 30.3 Å². The fraction of sp³-hybridized carbons (Fsp3) is 0.375. The number of esters is 4. The SMILES string of the molecule is CC(=O)OC[C@H]1O[C@@H](CC(=O)/C=C2\C(=O)N(Cc3ccc(F)cc3)c3ccccc32)[C@H](OC(C)=O)[C@@H](OC(C)=O)[C@@H]1OC(C)=O. The van der Waals surface area contributed by atoms with Gasteiger partial charge >= 0.3 is 23.9 Å². The number of allylic oxidation sites excluding steroid dienone is 1. The molecule has 0 unspecified atom stereocenters. The molecular formula is C32H32FNO11. The largest absolute Gasteiger partial charge is 0.463 e. The van der Waals surface area contributed by atoms with Crippen LogP contribution in [0.2, 0.25) is 0 Å². The van der Waals surface area contributed by atoms with Gasteiger partial charge in [0.05, 0.1) is 17.8 Å². The third-order valence-electron chi connectivity index (χ3n) is 7.01. The molecular weight excluding hydrogens is 593 g/mol. The van der Waals surface area contributed by atoms with Crippen molar-refractivity contribution in [3.8, 4) is 0 Å². The average molecular weight is 626 g/mol. The van der Waals surface area contributed by atoms with E-state index in [1.807, 2.05) is 0 Å². The first-order valence-corrected chi connectivity index (χ1v) is 14.0. The van der Waals surface area contributed by atoms with E-state index in [4.69, 9.17) is 23.7 Å². The molecule has 45 heavy (non-hydrogen) atoms. The number of anilines is 1. The number of ketones is 1. The summed E-state index contributed by atoms with van der Waals surface area (Å²) in [6, 6.07) is 12.6. The lowest BCUT2D eigenvalue weighted by Crippen LogP contribution is -2.62. The number of halogens is 1. The Hall–Kier alpha value is -4.91. The Balaban J connectivity index is 1.65. The van der Waals surface area contributed by atoms with Gasteiger partial charge in [0.15, 0.2) is 24.1 Å². The summed E-state index contributed by atoms with van der Waals surface area (Å²) >= 11 is 0. The van der Waals surface area contributed by atoms with Gasteiger partial charge in [-0.2, -0.15) is 0 Å².